The molecular formula is C20H26Cl2N4O. The van der Waals surface area contributed by atoms with E-state index in [1.807, 2.05) is 0 Å². The van der Waals surface area contributed by atoms with Crippen molar-refractivity contribution in [2.75, 3.05) is 44.2 Å². The molecule has 146 valence electrons. The van der Waals surface area contributed by atoms with E-state index in [1.165, 1.54) is 5.56 Å². The molecule has 1 aromatic heterocycles. The van der Waals surface area contributed by atoms with E-state index in [0.717, 1.165) is 44.2 Å². The van der Waals surface area contributed by atoms with Gasteiger partial charge in [0.15, 0.2) is 10.3 Å². The van der Waals surface area contributed by atoms with Gasteiger partial charge in [0.2, 0.25) is 0 Å². The summed E-state index contributed by atoms with van der Waals surface area (Å²) >= 11 is 12.1. The normalized spacial score (nSPS) is 15.8. The second-order valence-corrected chi connectivity index (χ2v) is 8.54. The van der Waals surface area contributed by atoms with Gasteiger partial charge in [-0.15, -0.1) is 10.2 Å². The van der Waals surface area contributed by atoms with Crippen LogP contribution < -0.4 is 9.64 Å². The fourth-order valence-corrected chi connectivity index (χ4v) is 3.48. The van der Waals surface area contributed by atoms with Crippen LogP contribution in [0.1, 0.15) is 26.3 Å². The highest BCUT2D eigenvalue weighted by Gasteiger charge is 2.20. The molecule has 1 aromatic carbocycles. The molecule has 0 radical (unpaired) electrons. The second kappa shape index (κ2) is 8.63. The van der Waals surface area contributed by atoms with Crippen molar-refractivity contribution in [2.24, 2.45) is 0 Å². The quantitative estimate of drug-likeness (QED) is 0.737. The predicted molar refractivity (Wildman–Crippen MR) is 111 cm³/mol. The van der Waals surface area contributed by atoms with Crippen molar-refractivity contribution in [3.05, 3.63) is 46.2 Å². The zero-order valence-corrected chi connectivity index (χ0v) is 17.6. The lowest BCUT2D eigenvalue weighted by molar-refractivity contribution is 0.200. The Labute approximate surface area is 171 Å². The molecule has 1 fully saturated rings. The summed E-state index contributed by atoms with van der Waals surface area (Å²) < 4.78 is 5.91. The van der Waals surface area contributed by atoms with E-state index in [-0.39, 0.29) is 5.41 Å². The molecule has 0 saturated carbocycles. The minimum Gasteiger partial charge on any atom is -0.492 e. The zero-order chi connectivity index (χ0) is 19.4. The maximum absolute atomic E-state index is 6.15. The van der Waals surface area contributed by atoms with E-state index in [2.05, 4.69) is 65.0 Å². The van der Waals surface area contributed by atoms with Crippen LogP contribution in [0.25, 0.3) is 0 Å². The van der Waals surface area contributed by atoms with Crippen LogP contribution in [0.3, 0.4) is 0 Å². The standard InChI is InChI=1S/C20H26Cl2N4O/c1-20(2,3)15-4-6-16(7-5-15)27-13-12-25-8-10-26(11-9-25)17-14-18(21)23-24-19(17)22/h4-7,14H,8-13H2,1-3H3. The Hall–Kier alpha value is -1.56. The molecule has 0 spiro atoms. The first-order chi connectivity index (χ1) is 12.8. The van der Waals surface area contributed by atoms with E-state index in [4.69, 9.17) is 27.9 Å². The molecule has 3 rings (SSSR count). The van der Waals surface area contributed by atoms with Gasteiger partial charge in [0.05, 0.1) is 5.69 Å². The molecule has 0 unspecified atom stereocenters. The number of aromatic nitrogens is 2. The number of benzene rings is 1. The largest absolute Gasteiger partial charge is 0.492 e. The summed E-state index contributed by atoms with van der Waals surface area (Å²) in [5.74, 6) is 0.922. The first-order valence-corrected chi connectivity index (χ1v) is 9.98. The number of piperazine rings is 1. The van der Waals surface area contributed by atoms with Gasteiger partial charge < -0.3 is 9.64 Å². The summed E-state index contributed by atoms with van der Waals surface area (Å²) in [4.78, 5) is 4.59. The molecule has 1 aliphatic heterocycles. The number of hydrogen-bond acceptors (Lipinski definition) is 5. The number of anilines is 1. The monoisotopic (exact) mass is 408 g/mol. The van der Waals surface area contributed by atoms with Crippen LogP contribution in [0.2, 0.25) is 10.3 Å². The van der Waals surface area contributed by atoms with E-state index < -0.39 is 0 Å². The highest BCUT2D eigenvalue weighted by molar-refractivity contribution is 6.33. The number of ether oxygens (including phenoxy) is 1. The topological polar surface area (TPSA) is 41.5 Å². The van der Waals surface area contributed by atoms with Crippen LogP contribution in [0.4, 0.5) is 5.69 Å². The highest BCUT2D eigenvalue weighted by atomic mass is 35.5. The molecular weight excluding hydrogens is 383 g/mol. The van der Waals surface area contributed by atoms with E-state index in [0.29, 0.717) is 16.9 Å². The van der Waals surface area contributed by atoms with Gasteiger partial charge >= 0.3 is 0 Å². The summed E-state index contributed by atoms with van der Waals surface area (Å²) in [6, 6.07) is 10.2. The molecule has 0 aliphatic carbocycles. The van der Waals surface area contributed by atoms with Crippen molar-refractivity contribution in [3.8, 4) is 5.75 Å². The smallest absolute Gasteiger partial charge is 0.175 e. The number of nitrogens with zero attached hydrogens (tertiary/aromatic N) is 4. The van der Waals surface area contributed by atoms with Crippen molar-refractivity contribution < 1.29 is 4.74 Å². The fourth-order valence-electron chi connectivity index (χ4n) is 3.12. The molecule has 7 heteroatoms. The molecule has 0 bridgehead atoms. The van der Waals surface area contributed by atoms with Gasteiger partial charge in [0.1, 0.15) is 12.4 Å². The SMILES string of the molecule is CC(C)(C)c1ccc(OCCN2CCN(c3cc(Cl)nnc3Cl)CC2)cc1. The van der Waals surface area contributed by atoms with Gasteiger partial charge in [-0.3, -0.25) is 4.90 Å². The van der Waals surface area contributed by atoms with E-state index in [1.54, 1.807) is 6.07 Å². The fraction of sp³-hybridized carbons (Fsp3) is 0.500. The lowest BCUT2D eigenvalue weighted by atomic mass is 9.87. The highest BCUT2D eigenvalue weighted by Crippen LogP contribution is 2.26. The molecule has 0 atom stereocenters. The summed E-state index contributed by atoms with van der Waals surface area (Å²) in [5.41, 5.74) is 2.33. The minimum absolute atomic E-state index is 0.162. The van der Waals surface area contributed by atoms with Crippen LogP contribution in [-0.2, 0) is 5.41 Å². The number of rotatable bonds is 5. The van der Waals surface area contributed by atoms with Crippen molar-refractivity contribution in [2.45, 2.75) is 26.2 Å². The Bertz CT molecular complexity index is 754. The van der Waals surface area contributed by atoms with Crippen molar-refractivity contribution in [1.82, 2.24) is 15.1 Å². The number of hydrogen-bond donors (Lipinski definition) is 0. The zero-order valence-electron chi connectivity index (χ0n) is 16.1. The minimum atomic E-state index is 0.162. The molecule has 1 saturated heterocycles. The molecule has 1 aliphatic rings. The van der Waals surface area contributed by atoms with Gasteiger partial charge in [0.25, 0.3) is 0 Å². The molecule has 0 N–H and O–H groups in total. The molecule has 2 aromatic rings. The Morgan fingerprint density at radius 2 is 1.67 bits per heavy atom. The Balaban J connectivity index is 1.44. The van der Waals surface area contributed by atoms with Gasteiger partial charge in [-0.2, -0.15) is 0 Å². The second-order valence-electron chi connectivity index (χ2n) is 7.79. The predicted octanol–water partition coefficient (Wildman–Crippen LogP) is 4.28. The third kappa shape index (κ3) is 5.47. The van der Waals surface area contributed by atoms with E-state index >= 15 is 0 Å². The van der Waals surface area contributed by atoms with E-state index in [9.17, 15) is 0 Å². The molecule has 5 nitrogen and oxygen atoms in total. The maximum atomic E-state index is 6.15. The van der Waals surface area contributed by atoms with Gasteiger partial charge in [-0.1, -0.05) is 56.1 Å². The molecule has 2 heterocycles. The molecule has 27 heavy (non-hydrogen) atoms. The third-order valence-corrected chi connectivity index (χ3v) is 5.26. The van der Waals surface area contributed by atoms with Crippen molar-refractivity contribution >= 4 is 28.9 Å². The summed E-state index contributed by atoms with van der Waals surface area (Å²) in [6.45, 7) is 11.9. The van der Waals surface area contributed by atoms with Gasteiger partial charge in [0, 0.05) is 38.8 Å². The van der Waals surface area contributed by atoms with Gasteiger partial charge in [-0.25, -0.2) is 0 Å². The molecule has 0 amide bonds. The summed E-state index contributed by atoms with van der Waals surface area (Å²) in [6.07, 6.45) is 0. The average Bonchev–Trinajstić information content (AvgIpc) is 2.64. The Morgan fingerprint density at radius 1 is 1.00 bits per heavy atom. The average molecular weight is 409 g/mol. The lowest BCUT2D eigenvalue weighted by Crippen LogP contribution is -2.47. The number of halogens is 2. The van der Waals surface area contributed by atoms with Crippen LogP contribution in [0.5, 0.6) is 5.75 Å². The lowest BCUT2D eigenvalue weighted by Gasteiger charge is -2.36. The van der Waals surface area contributed by atoms with Gasteiger partial charge in [-0.05, 0) is 23.1 Å². The third-order valence-electron chi connectivity index (χ3n) is 4.81. The van der Waals surface area contributed by atoms with Crippen molar-refractivity contribution in [1.29, 1.82) is 0 Å². The Kier molecular flexibility index (Phi) is 6.45. The maximum Gasteiger partial charge on any atom is 0.175 e. The summed E-state index contributed by atoms with van der Waals surface area (Å²) in [5, 5.41) is 8.41. The van der Waals surface area contributed by atoms with Crippen LogP contribution >= 0.6 is 23.2 Å². The Morgan fingerprint density at radius 3 is 2.30 bits per heavy atom. The van der Waals surface area contributed by atoms with Crippen LogP contribution in [0, 0.1) is 0 Å². The van der Waals surface area contributed by atoms with Crippen LogP contribution in [0.15, 0.2) is 30.3 Å². The van der Waals surface area contributed by atoms with Crippen LogP contribution in [-0.4, -0.2) is 54.4 Å². The summed E-state index contributed by atoms with van der Waals surface area (Å²) in [7, 11) is 0. The van der Waals surface area contributed by atoms with Crippen molar-refractivity contribution in [3.63, 3.8) is 0 Å². The first-order valence-electron chi connectivity index (χ1n) is 9.22. The first kappa shape index (κ1) is 20.2.